The molecule has 0 aliphatic rings. The van der Waals surface area contributed by atoms with Gasteiger partial charge in [0.1, 0.15) is 17.6 Å². The van der Waals surface area contributed by atoms with Gasteiger partial charge in [-0.1, -0.05) is 13.8 Å². The van der Waals surface area contributed by atoms with Gasteiger partial charge in [0.05, 0.1) is 4.92 Å². The molecule has 7 nitrogen and oxygen atoms in total. The second-order valence-electron chi connectivity index (χ2n) is 4.78. The Balaban J connectivity index is 3.18. The lowest BCUT2D eigenvalue weighted by Crippen LogP contribution is -2.38. The van der Waals surface area contributed by atoms with Gasteiger partial charge < -0.3 is 10.6 Å². The summed E-state index contributed by atoms with van der Waals surface area (Å²) in [6, 6.07) is 1.20. The number of aromatic nitrogens is 1. The lowest BCUT2D eigenvalue weighted by atomic mass is 10.0. The van der Waals surface area contributed by atoms with E-state index in [0.717, 1.165) is 6.20 Å². The number of amides is 1. The second kappa shape index (κ2) is 5.64. The average molecular weight is 266 g/mol. The Bertz CT molecular complexity index is 502. The van der Waals surface area contributed by atoms with E-state index in [1.54, 1.807) is 7.05 Å². The molecule has 0 saturated heterocycles. The molecule has 19 heavy (non-hydrogen) atoms. The monoisotopic (exact) mass is 266 g/mol. The zero-order valence-corrected chi connectivity index (χ0v) is 11.5. The summed E-state index contributed by atoms with van der Waals surface area (Å²) in [4.78, 5) is 27.7. The SMILES string of the molecule is CC(C)C(C)N(C)C(=O)c1cc(N)ncc1[N+](=O)[O-]. The average Bonchev–Trinajstić information content (AvgIpc) is 2.35. The molecule has 1 aromatic heterocycles. The number of carbonyl (C=O) groups is 1. The molecule has 0 radical (unpaired) electrons. The van der Waals surface area contributed by atoms with Gasteiger partial charge in [-0.3, -0.25) is 14.9 Å². The molecule has 1 aromatic rings. The molecule has 0 spiro atoms. The molecule has 1 amide bonds. The van der Waals surface area contributed by atoms with Gasteiger partial charge in [-0.15, -0.1) is 0 Å². The molecule has 2 N–H and O–H groups in total. The Hall–Kier alpha value is -2.18. The zero-order valence-electron chi connectivity index (χ0n) is 11.5. The highest BCUT2D eigenvalue weighted by Crippen LogP contribution is 2.22. The maximum Gasteiger partial charge on any atom is 0.300 e. The molecule has 0 aromatic carbocycles. The highest BCUT2D eigenvalue weighted by molar-refractivity contribution is 5.98. The largest absolute Gasteiger partial charge is 0.384 e. The van der Waals surface area contributed by atoms with Crippen molar-refractivity contribution in [2.24, 2.45) is 5.92 Å². The summed E-state index contributed by atoms with van der Waals surface area (Å²) >= 11 is 0. The number of nitrogens with two attached hydrogens (primary N) is 1. The topological polar surface area (TPSA) is 102 Å². The van der Waals surface area contributed by atoms with E-state index in [1.807, 2.05) is 20.8 Å². The Labute approximate surface area is 111 Å². The van der Waals surface area contributed by atoms with Gasteiger partial charge >= 0.3 is 0 Å². The lowest BCUT2D eigenvalue weighted by molar-refractivity contribution is -0.385. The van der Waals surface area contributed by atoms with Crippen molar-refractivity contribution in [1.29, 1.82) is 0 Å². The summed E-state index contributed by atoms with van der Waals surface area (Å²) in [6.07, 6.45) is 1.01. The molecule has 1 rings (SSSR count). The summed E-state index contributed by atoms with van der Waals surface area (Å²) < 4.78 is 0. The summed E-state index contributed by atoms with van der Waals surface area (Å²) in [5.74, 6) is -0.103. The third kappa shape index (κ3) is 3.18. The quantitative estimate of drug-likeness (QED) is 0.659. The summed E-state index contributed by atoms with van der Waals surface area (Å²) in [6.45, 7) is 5.84. The molecule has 1 heterocycles. The first kappa shape index (κ1) is 14.9. The molecule has 0 bridgehead atoms. The molecule has 104 valence electrons. The highest BCUT2D eigenvalue weighted by atomic mass is 16.6. The number of anilines is 1. The summed E-state index contributed by atoms with van der Waals surface area (Å²) in [7, 11) is 1.62. The van der Waals surface area contributed by atoms with Crippen LogP contribution in [0.2, 0.25) is 0 Å². The third-order valence-electron chi connectivity index (χ3n) is 3.23. The van der Waals surface area contributed by atoms with E-state index >= 15 is 0 Å². The Kier molecular flexibility index (Phi) is 4.42. The molecule has 7 heteroatoms. The van der Waals surface area contributed by atoms with Gasteiger partial charge in [-0.2, -0.15) is 0 Å². The van der Waals surface area contributed by atoms with Crippen LogP contribution in [0.3, 0.4) is 0 Å². The van der Waals surface area contributed by atoms with E-state index < -0.39 is 10.8 Å². The van der Waals surface area contributed by atoms with Crippen LogP contribution >= 0.6 is 0 Å². The van der Waals surface area contributed by atoms with Crippen molar-refractivity contribution >= 4 is 17.4 Å². The lowest BCUT2D eigenvalue weighted by Gasteiger charge is -2.27. The minimum Gasteiger partial charge on any atom is -0.384 e. The number of rotatable bonds is 4. The predicted octanol–water partition coefficient (Wildman–Crippen LogP) is 1.69. The van der Waals surface area contributed by atoms with Gasteiger partial charge in [0, 0.05) is 13.1 Å². The Morgan fingerprint density at radius 2 is 2.05 bits per heavy atom. The number of hydrogen-bond acceptors (Lipinski definition) is 5. The van der Waals surface area contributed by atoms with Crippen LogP contribution in [0.4, 0.5) is 11.5 Å². The maximum atomic E-state index is 12.3. The predicted molar refractivity (Wildman–Crippen MR) is 71.7 cm³/mol. The normalized spacial score (nSPS) is 12.3. The second-order valence-corrected chi connectivity index (χ2v) is 4.78. The number of carbonyl (C=O) groups excluding carboxylic acids is 1. The van der Waals surface area contributed by atoms with E-state index in [4.69, 9.17) is 5.73 Å². The molecule has 0 aliphatic carbocycles. The van der Waals surface area contributed by atoms with Crippen molar-refractivity contribution < 1.29 is 9.72 Å². The van der Waals surface area contributed by atoms with Crippen molar-refractivity contribution in [3.8, 4) is 0 Å². The fourth-order valence-electron chi connectivity index (χ4n) is 1.60. The number of pyridine rings is 1. The minimum absolute atomic E-state index is 0.0347. The van der Waals surface area contributed by atoms with Crippen molar-refractivity contribution in [1.82, 2.24) is 9.88 Å². The van der Waals surface area contributed by atoms with Crippen LogP contribution in [-0.4, -0.2) is 33.8 Å². The van der Waals surface area contributed by atoms with E-state index in [-0.39, 0.29) is 29.0 Å². The van der Waals surface area contributed by atoms with E-state index in [2.05, 4.69) is 4.98 Å². The van der Waals surface area contributed by atoms with Crippen molar-refractivity contribution in [3.05, 3.63) is 27.9 Å². The van der Waals surface area contributed by atoms with E-state index in [9.17, 15) is 14.9 Å². The molecule has 1 atom stereocenters. The molecular weight excluding hydrogens is 248 g/mol. The molecule has 0 fully saturated rings. The fourth-order valence-corrected chi connectivity index (χ4v) is 1.60. The van der Waals surface area contributed by atoms with Gasteiger partial charge in [-0.25, -0.2) is 4.98 Å². The standard InChI is InChI=1S/C12H18N4O3/c1-7(2)8(3)15(4)12(17)9-5-11(13)14-6-10(9)16(18)19/h5-8H,1-4H3,(H2,13,14). The number of nitrogens with zero attached hydrogens (tertiary/aromatic N) is 3. The van der Waals surface area contributed by atoms with Gasteiger partial charge in [0.25, 0.3) is 11.6 Å². The zero-order chi connectivity index (χ0) is 14.7. The van der Waals surface area contributed by atoms with Crippen LogP contribution < -0.4 is 5.73 Å². The summed E-state index contributed by atoms with van der Waals surface area (Å²) in [5, 5.41) is 10.9. The van der Waals surface area contributed by atoms with Crippen LogP contribution in [0.1, 0.15) is 31.1 Å². The first-order chi connectivity index (χ1) is 8.75. The molecular formula is C12H18N4O3. The number of hydrogen-bond donors (Lipinski definition) is 1. The van der Waals surface area contributed by atoms with Crippen LogP contribution in [0.25, 0.3) is 0 Å². The third-order valence-corrected chi connectivity index (χ3v) is 3.23. The van der Waals surface area contributed by atoms with Crippen LogP contribution in [0.15, 0.2) is 12.3 Å². The molecule has 0 aliphatic heterocycles. The fraction of sp³-hybridized carbons (Fsp3) is 0.500. The number of nitro groups is 1. The number of nitrogen functional groups attached to an aromatic ring is 1. The van der Waals surface area contributed by atoms with Gasteiger partial charge in [0.2, 0.25) is 0 Å². The highest BCUT2D eigenvalue weighted by Gasteiger charge is 2.27. The van der Waals surface area contributed by atoms with E-state index in [1.165, 1.54) is 11.0 Å². The smallest absolute Gasteiger partial charge is 0.300 e. The van der Waals surface area contributed by atoms with Crippen molar-refractivity contribution in [2.75, 3.05) is 12.8 Å². The van der Waals surface area contributed by atoms with Gasteiger partial charge in [0.15, 0.2) is 0 Å². The minimum atomic E-state index is -0.631. The Morgan fingerprint density at radius 1 is 1.47 bits per heavy atom. The van der Waals surface area contributed by atoms with E-state index in [0.29, 0.717) is 0 Å². The maximum absolute atomic E-state index is 12.3. The van der Waals surface area contributed by atoms with Crippen molar-refractivity contribution in [2.45, 2.75) is 26.8 Å². The van der Waals surface area contributed by atoms with Crippen LogP contribution in [0, 0.1) is 16.0 Å². The summed E-state index contributed by atoms with van der Waals surface area (Å²) in [5.41, 5.74) is 5.13. The first-order valence-electron chi connectivity index (χ1n) is 5.92. The van der Waals surface area contributed by atoms with Crippen LogP contribution in [0.5, 0.6) is 0 Å². The Morgan fingerprint density at radius 3 is 2.53 bits per heavy atom. The van der Waals surface area contributed by atoms with Gasteiger partial charge in [-0.05, 0) is 18.9 Å². The first-order valence-corrected chi connectivity index (χ1v) is 5.92. The van der Waals surface area contributed by atoms with Crippen LogP contribution in [-0.2, 0) is 0 Å². The molecule has 0 saturated carbocycles. The van der Waals surface area contributed by atoms with Crippen molar-refractivity contribution in [3.63, 3.8) is 0 Å². The molecule has 1 unspecified atom stereocenters.